The minimum atomic E-state index is -0.676. The van der Waals surface area contributed by atoms with E-state index < -0.39 is 11.8 Å². The molecule has 0 saturated carbocycles. The van der Waals surface area contributed by atoms with Crippen LogP contribution in [0.2, 0.25) is 0 Å². The molecule has 10 heteroatoms. The Morgan fingerprint density at radius 3 is 2.86 bits per heavy atom. The van der Waals surface area contributed by atoms with Gasteiger partial charge < -0.3 is 15.1 Å². The molecule has 4 heterocycles. The first kappa shape index (κ1) is 23.4. The minimum absolute atomic E-state index is 0.175. The maximum atomic E-state index is 13.4. The predicted octanol–water partition coefficient (Wildman–Crippen LogP) is 4.13. The fraction of sp³-hybridized carbons (Fsp3) is 0.400. The van der Waals surface area contributed by atoms with Crippen molar-refractivity contribution in [2.45, 2.75) is 38.8 Å². The molecule has 4 aromatic rings. The topological polar surface area (TPSA) is 107 Å². The van der Waals surface area contributed by atoms with Crippen molar-refractivity contribution >= 4 is 50.0 Å². The van der Waals surface area contributed by atoms with Gasteiger partial charge in [0, 0.05) is 18.1 Å². The van der Waals surface area contributed by atoms with Crippen molar-refractivity contribution in [3.8, 4) is 0 Å². The number of thiazole rings is 1. The Labute approximate surface area is 207 Å². The van der Waals surface area contributed by atoms with Crippen molar-refractivity contribution in [1.82, 2.24) is 30.0 Å². The first-order valence-corrected chi connectivity index (χ1v) is 12.6. The number of carbonyl (C=O) groups is 2. The molecule has 3 aromatic heterocycles. The molecule has 0 aliphatic carbocycles. The summed E-state index contributed by atoms with van der Waals surface area (Å²) >= 11 is 1.69. The number of amides is 2. The zero-order valence-electron chi connectivity index (χ0n) is 20.3. The third-order valence-corrected chi connectivity index (χ3v) is 8.03. The quantitative estimate of drug-likeness (QED) is 0.416. The minimum Gasteiger partial charge on any atom is -0.327 e. The molecule has 1 fully saturated rings. The van der Waals surface area contributed by atoms with E-state index >= 15 is 0 Å². The standard InChI is InChI=1S/C25H29N7O2S/c1-14-5-7-20(16-6-8-21-18(9-16)29-24(35-21)15(2)31(3)4)32(13-14)25(34)23(33)28-19-12-26-10-17-11-27-30-22(17)19/h6,8-12,14-15,20H,5,7,13H2,1-4H3,(H,27,30)(H,28,33)/t14-,15?,20+/m0/s1. The summed E-state index contributed by atoms with van der Waals surface area (Å²) in [5.41, 5.74) is 3.02. The number of nitrogens with zero attached hydrogens (tertiary/aromatic N) is 5. The van der Waals surface area contributed by atoms with Gasteiger partial charge in [0.2, 0.25) is 0 Å². The number of fused-ring (bicyclic) bond motifs is 2. The van der Waals surface area contributed by atoms with E-state index in [9.17, 15) is 9.59 Å². The Kier molecular flexibility index (Phi) is 6.24. The molecule has 0 bridgehead atoms. The molecular weight excluding hydrogens is 462 g/mol. The fourth-order valence-corrected chi connectivity index (χ4v) is 5.66. The van der Waals surface area contributed by atoms with E-state index in [0.29, 0.717) is 23.7 Å². The average molecular weight is 492 g/mol. The van der Waals surface area contributed by atoms with Gasteiger partial charge in [0.1, 0.15) is 5.01 Å². The van der Waals surface area contributed by atoms with Crippen molar-refractivity contribution < 1.29 is 9.59 Å². The summed E-state index contributed by atoms with van der Waals surface area (Å²) in [5.74, 6) is -0.903. The number of nitrogens with one attached hydrogen (secondary N) is 2. The number of pyridine rings is 1. The van der Waals surface area contributed by atoms with E-state index in [-0.39, 0.29) is 12.1 Å². The molecule has 1 saturated heterocycles. The van der Waals surface area contributed by atoms with Gasteiger partial charge in [-0.25, -0.2) is 4.98 Å². The summed E-state index contributed by atoms with van der Waals surface area (Å²) in [4.78, 5) is 39.3. The number of piperidine rings is 1. The summed E-state index contributed by atoms with van der Waals surface area (Å²) in [6.45, 7) is 4.78. The number of benzene rings is 1. The van der Waals surface area contributed by atoms with Crippen LogP contribution in [0.25, 0.3) is 21.1 Å². The highest BCUT2D eigenvalue weighted by atomic mass is 32.1. The van der Waals surface area contributed by atoms with Gasteiger partial charge in [0.05, 0.1) is 45.9 Å². The third-order valence-electron chi connectivity index (χ3n) is 6.82. The SMILES string of the molecule is CC(c1nc2cc([C@H]3CC[C@H](C)CN3C(=O)C(=O)Nc3cncc4cn[nH]c34)ccc2s1)N(C)C. The number of carbonyl (C=O) groups excluding carboxylic acids is 2. The highest BCUT2D eigenvalue weighted by Gasteiger charge is 2.34. The van der Waals surface area contributed by atoms with Gasteiger partial charge in [0.25, 0.3) is 0 Å². The highest BCUT2D eigenvalue weighted by Crippen LogP contribution is 2.36. The number of hydrogen-bond donors (Lipinski definition) is 2. The number of rotatable bonds is 4. The van der Waals surface area contributed by atoms with Crippen molar-refractivity contribution in [2.24, 2.45) is 5.92 Å². The lowest BCUT2D eigenvalue weighted by atomic mass is 9.89. The maximum absolute atomic E-state index is 13.4. The highest BCUT2D eigenvalue weighted by molar-refractivity contribution is 7.18. The van der Waals surface area contributed by atoms with Gasteiger partial charge in [-0.2, -0.15) is 5.10 Å². The molecule has 0 spiro atoms. The van der Waals surface area contributed by atoms with Crippen LogP contribution in [0.5, 0.6) is 0 Å². The average Bonchev–Trinajstić information content (AvgIpc) is 3.50. The maximum Gasteiger partial charge on any atom is 0.314 e. The van der Waals surface area contributed by atoms with Crippen molar-refractivity contribution in [2.75, 3.05) is 26.0 Å². The molecule has 9 nitrogen and oxygen atoms in total. The Hall–Kier alpha value is -3.37. The number of hydrogen-bond acceptors (Lipinski definition) is 7. The Bertz CT molecular complexity index is 1400. The van der Waals surface area contributed by atoms with E-state index in [1.165, 1.54) is 6.20 Å². The molecule has 1 aliphatic heterocycles. The van der Waals surface area contributed by atoms with Gasteiger partial charge in [-0.05, 0) is 57.5 Å². The van der Waals surface area contributed by atoms with E-state index in [2.05, 4.69) is 57.4 Å². The Morgan fingerprint density at radius 2 is 2.06 bits per heavy atom. The van der Waals surface area contributed by atoms with Crippen LogP contribution in [0.4, 0.5) is 5.69 Å². The van der Waals surface area contributed by atoms with Gasteiger partial charge in [0.15, 0.2) is 0 Å². The van der Waals surface area contributed by atoms with E-state index in [0.717, 1.165) is 39.0 Å². The van der Waals surface area contributed by atoms with Crippen molar-refractivity contribution in [1.29, 1.82) is 0 Å². The van der Waals surface area contributed by atoms with Crippen LogP contribution >= 0.6 is 11.3 Å². The molecular formula is C25H29N7O2S. The van der Waals surface area contributed by atoms with Crippen LogP contribution in [0.3, 0.4) is 0 Å². The van der Waals surface area contributed by atoms with Crippen LogP contribution in [-0.4, -0.2) is 62.4 Å². The van der Waals surface area contributed by atoms with Crippen molar-refractivity contribution in [3.63, 3.8) is 0 Å². The number of aromatic nitrogens is 4. The summed E-state index contributed by atoms with van der Waals surface area (Å²) in [7, 11) is 4.09. The zero-order valence-corrected chi connectivity index (χ0v) is 21.1. The molecule has 182 valence electrons. The lowest BCUT2D eigenvalue weighted by molar-refractivity contribution is -0.146. The Balaban J connectivity index is 1.41. The monoisotopic (exact) mass is 491 g/mol. The third kappa shape index (κ3) is 4.51. The van der Waals surface area contributed by atoms with Gasteiger partial charge in [-0.3, -0.25) is 19.7 Å². The lowest BCUT2D eigenvalue weighted by Gasteiger charge is -2.38. The first-order valence-electron chi connectivity index (χ1n) is 11.8. The summed E-state index contributed by atoms with van der Waals surface area (Å²) in [5, 5.41) is 11.4. The number of H-pyrrole nitrogens is 1. The number of anilines is 1. The molecule has 2 amide bonds. The summed E-state index contributed by atoms with van der Waals surface area (Å²) < 4.78 is 1.12. The smallest absolute Gasteiger partial charge is 0.314 e. The molecule has 3 atom stereocenters. The van der Waals surface area contributed by atoms with E-state index in [1.54, 1.807) is 28.6 Å². The number of aromatic amines is 1. The van der Waals surface area contributed by atoms with Crippen molar-refractivity contribution in [3.05, 3.63) is 47.4 Å². The first-order chi connectivity index (χ1) is 16.8. The summed E-state index contributed by atoms with van der Waals surface area (Å²) in [6, 6.07) is 6.28. The largest absolute Gasteiger partial charge is 0.327 e. The molecule has 1 aromatic carbocycles. The second-order valence-corrected chi connectivity index (χ2v) is 10.6. The van der Waals surface area contributed by atoms with Gasteiger partial charge >= 0.3 is 11.8 Å². The van der Waals surface area contributed by atoms with E-state index in [1.807, 2.05) is 14.1 Å². The predicted molar refractivity (Wildman–Crippen MR) is 137 cm³/mol. The Morgan fingerprint density at radius 1 is 1.23 bits per heavy atom. The second-order valence-electron chi connectivity index (χ2n) is 9.55. The number of likely N-dealkylation sites (tertiary alicyclic amines) is 1. The van der Waals surface area contributed by atoms with Crippen LogP contribution in [0, 0.1) is 5.92 Å². The molecule has 1 unspecified atom stereocenters. The molecule has 2 N–H and O–H groups in total. The van der Waals surface area contributed by atoms with Gasteiger partial charge in [-0.15, -0.1) is 11.3 Å². The van der Waals surface area contributed by atoms with Crippen LogP contribution in [0.15, 0.2) is 36.8 Å². The zero-order chi connectivity index (χ0) is 24.7. The van der Waals surface area contributed by atoms with Crippen LogP contribution in [-0.2, 0) is 9.59 Å². The van der Waals surface area contributed by atoms with E-state index in [4.69, 9.17) is 4.98 Å². The molecule has 5 rings (SSSR count). The van der Waals surface area contributed by atoms with Crippen LogP contribution < -0.4 is 5.32 Å². The second kappa shape index (κ2) is 9.35. The summed E-state index contributed by atoms with van der Waals surface area (Å²) in [6.07, 6.45) is 6.59. The van der Waals surface area contributed by atoms with Gasteiger partial charge in [-0.1, -0.05) is 13.0 Å². The molecule has 0 radical (unpaired) electrons. The molecule has 1 aliphatic rings. The van der Waals surface area contributed by atoms with Crippen LogP contribution in [0.1, 0.15) is 49.3 Å². The fourth-order valence-electron chi connectivity index (χ4n) is 4.56. The molecule has 35 heavy (non-hydrogen) atoms. The normalized spacial score (nSPS) is 19.4. The lowest BCUT2D eigenvalue weighted by Crippen LogP contribution is -2.46.